The fourth-order valence-electron chi connectivity index (χ4n) is 1.59. The Hall–Kier alpha value is -1.88. The molecule has 2 rings (SSSR count). The number of nitrogens with zero attached hydrogens (tertiary/aromatic N) is 2. The Kier molecular flexibility index (Phi) is 3.94. The van der Waals surface area contributed by atoms with Gasteiger partial charge in [0, 0.05) is 6.61 Å². The molecule has 96 valence electrons. The number of benzene rings is 1. The Balaban J connectivity index is 2.19. The summed E-state index contributed by atoms with van der Waals surface area (Å²) >= 11 is 0. The molecule has 0 saturated heterocycles. The zero-order valence-corrected chi connectivity index (χ0v) is 10.6. The van der Waals surface area contributed by atoms with E-state index in [9.17, 15) is 0 Å². The molecule has 1 heterocycles. The predicted octanol–water partition coefficient (Wildman–Crippen LogP) is 2.02. The molecular weight excluding hydrogens is 230 g/mol. The van der Waals surface area contributed by atoms with E-state index in [1.807, 2.05) is 38.1 Å². The summed E-state index contributed by atoms with van der Waals surface area (Å²) in [5, 5.41) is 0. The summed E-state index contributed by atoms with van der Waals surface area (Å²) < 4.78 is 10.9. The van der Waals surface area contributed by atoms with Crippen molar-refractivity contribution in [1.29, 1.82) is 0 Å². The Morgan fingerprint density at radius 3 is 2.56 bits per heavy atom. The molecule has 0 fully saturated rings. The van der Waals surface area contributed by atoms with Gasteiger partial charge in [0.05, 0.1) is 17.6 Å². The number of nitrogen functional groups attached to an aromatic ring is 1. The minimum atomic E-state index is -0.109. The first-order chi connectivity index (χ1) is 8.70. The number of nitrogens with two attached hydrogens (primary N) is 1. The average Bonchev–Trinajstić information content (AvgIpc) is 2.37. The van der Waals surface area contributed by atoms with Crippen molar-refractivity contribution in [2.75, 3.05) is 18.9 Å². The lowest BCUT2D eigenvalue weighted by Crippen LogP contribution is -2.20. The Bertz CT molecular complexity index is 531. The van der Waals surface area contributed by atoms with Gasteiger partial charge in [-0.2, -0.15) is 0 Å². The molecule has 0 radical (unpaired) electrons. The van der Waals surface area contributed by atoms with Gasteiger partial charge in [-0.3, -0.25) is 0 Å². The van der Waals surface area contributed by atoms with Crippen molar-refractivity contribution < 1.29 is 9.47 Å². The summed E-state index contributed by atoms with van der Waals surface area (Å²) in [4.78, 5) is 8.62. The fourth-order valence-corrected chi connectivity index (χ4v) is 1.59. The van der Waals surface area contributed by atoms with Gasteiger partial charge >= 0.3 is 0 Å². The molecule has 0 aliphatic heterocycles. The average molecular weight is 247 g/mol. The first kappa shape index (κ1) is 12.6. The Labute approximate surface area is 106 Å². The van der Waals surface area contributed by atoms with Crippen LogP contribution in [0.2, 0.25) is 0 Å². The Morgan fingerprint density at radius 2 is 1.89 bits per heavy atom. The van der Waals surface area contributed by atoms with Gasteiger partial charge in [-0.05, 0) is 26.0 Å². The van der Waals surface area contributed by atoms with Crippen LogP contribution in [0.15, 0.2) is 24.3 Å². The molecule has 1 aromatic heterocycles. The highest BCUT2D eigenvalue weighted by atomic mass is 16.5. The van der Waals surface area contributed by atoms with Crippen molar-refractivity contribution in [3.8, 4) is 5.88 Å². The zero-order chi connectivity index (χ0) is 13.0. The molecule has 0 spiro atoms. The number of anilines is 1. The maximum atomic E-state index is 5.82. The smallest absolute Gasteiger partial charge is 0.258 e. The molecule has 0 saturated carbocycles. The lowest BCUT2D eigenvalue weighted by atomic mass is 10.3. The van der Waals surface area contributed by atoms with E-state index in [-0.39, 0.29) is 6.10 Å². The monoisotopic (exact) mass is 247 g/mol. The second-order valence-electron chi connectivity index (χ2n) is 3.99. The van der Waals surface area contributed by atoms with E-state index in [0.717, 1.165) is 11.0 Å². The van der Waals surface area contributed by atoms with Crippen molar-refractivity contribution in [3.63, 3.8) is 0 Å². The third-order valence-corrected chi connectivity index (χ3v) is 2.43. The quantitative estimate of drug-likeness (QED) is 0.875. The number of hydrogen-bond acceptors (Lipinski definition) is 5. The molecule has 5 nitrogen and oxygen atoms in total. The fraction of sp³-hybridized carbons (Fsp3) is 0.385. The summed E-state index contributed by atoms with van der Waals surface area (Å²) in [6, 6.07) is 7.54. The van der Waals surface area contributed by atoms with Crippen LogP contribution in [0, 0.1) is 0 Å². The van der Waals surface area contributed by atoms with Crippen molar-refractivity contribution in [1.82, 2.24) is 9.97 Å². The maximum Gasteiger partial charge on any atom is 0.258 e. The Morgan fingerprint density at radius 1 is 1.22 bits per heavy atom. The van der Waals surface area contributed by atoms with E-state index in [0.29, 0.717) is 24.9 Å². The van der Waals surface area contributed by atoms with Crippen molar-refractivity contribution >= 4 is 16.9 Å². The third-order valence-electron chi connectivity index (χ3n) is 2.43. The summed E-state index contributed by atoms with van der Waals surface area (Å²) in [6.07, 6.45) is -0.109. The van der Waals surface area contributed by atoms with Gasteiger partial charge in [-0.25, -0.2) is 9.97 Å². The van der Waals surface area contributed by atoms with Gasteiger partial charge in [0.15, 0.2) is 5.82 Å². The highest BCUT2D eigenvalue weighted by Crippen LogP contribution is 2.21. The molecule has 0 aliphatic carbocycles. The molecule has 1 atom stereocenters. The van der Waals surface area contributed by atoms with Crippen LogP contribution in [0.3, 0.4) is 0 Å². The van der Waals surface area contributed by atoms with E-state index < -0.39 is 0 Å². The molecule has 1 aromatic carbocycles. The zero-order valence-electron chi connectivity index (χ0n) is 10.6. The minimum Gasteiger partial charge on any atom is -0.470 e. The van der Waals surface area contributed by atoms with Crippen molar-refractivity contribution in [2.24, 2.45) is 0 Å². The van der Waals surface area contributed by atoms with Crippen LogP contribution >= 0.6 is 0 Å². The number of fused-ring (bicyclic) bond motifs is 1. The van der Waals surface area contributed by atoms with E-state index in [1.54, 1.807) is 0 Å². The van der Waals surface area contributed by atoms with Gasteiger partial charge in [-0.1, -0.05) is 12.1 Å². The molecule has 0 aliphatic rings. The minimum absolute atomic E-state index is 0.109. The number of aromatic nitrogens is 2. The van der Waals surface area contributed by atoms with Gasteiger partial charge in [0.2, 0.25) is 0 Å². The van der Waals surface area contributed by atoms with Gasteiger partial charge in [-0.15, -0.1) is 0 Å². The first-order valence-corrected chi connectivity index (χ1v) is 5.97. The van der Waals surface area contributed by atoms with Gasteiger partial charge in [0.1, 0.15) is 6.10 Å². The van der Waals surface area contributed by atoms with Crippen LogP contribution in [0.5, 0.6) is 5.88 Å². The molecule has 0 amide bonds. The molecular formula is C13H17N3O2. The van der Waals surface area contributed by atoms with Crippen LogP contribution in [0.4, 0.5) is 5.82 Å². The molecule has 2 N–H and O–H groups in total. The van der Waals surface area contributed by atoms with E-state index in [4.69, 9.17) is 15.2 Å². The predicted molar refractivity (Wildman–Crippen MR) is 70.5 cm³/mol. The number of ether oxygens (including phenoxy) is 2. The summed E-state index contributed by atoms with van der Waals surface area (Å²) in [5.41, 5.74) is 7.36. The van der Waals surface area contributed by atoms with E-state index in [2.05, 4.69) is 9.97 Å². The van der Waals surface area contributed by atoms with Crippen LogP contribution in [0.25, 0.3) is 11.0 Å². The summed E-state index contributed by atoms with van der Waals surface area (Å²) in [6.45, 7) is 5.01. The van der Waals surface area contributed by atoms with Gasteiger partial charge < -0.3 is 15.2 Å². The second kappa shape index (κ2) is 5.64. The molecule has 0 bridgehead atoms. The number of rotatable bonds is 5. The third kappa shape index (κ3) is 2.87. The first-order valence-electron chi connectivity index (χ1n) is 5.97. The molecule has 2 aromatic rings. The van der Waals surface area contributed by atoms with Gasteiger partial charge in [0.25, 0.3) is 5.88 Å². The molecule has 5 heteroatoms. The molecule has 18 heavy (non-hydrogen) atoms. The molecule has 1 unspecified atom stereocenters. The standard InChI is InChI=1S/C13H17N3O2/c1-3-17-8-9(2)18-13-12(14)15-10-6-4-5-7-11(10)16-13/h4-7,9H,3,8H2,1-2H3,(H2,14,15). The normalized spacial score (nSPS) is 12.6. The highest BCUT2D eigenvalue weighted by molar-refractivity contribution is 5.76. The lowest BCUT2D eigenvalue weighted by Gasteiger charge is -2.14. The number of hydrogen-bond donors (Lipinski definition) is 1. The van der Waals surface area contributed by atoms with Crippen LogP contribution in [0.1, 0.15) is 13.8 Å². The van der Waals surface area contributed by atoms with Crippen LogP contribution in [-0.4, -0.2) is 29.3 Å². The van der Waals surface area contributed by atoms with Crippen molar-refractivity contribution in [3.05, 3.63) is 24.3 Å². The van der Waals surface area contributed by atoms with E-state index in [1.165, 1.54) is 0 Å². The van der Waals surface area contributed by atoms with E-state index >= 15 is 0 Å². The summed E-state index contributed by atoms with van der Waals surface area (Å²) in [5.74, 6) is 0.665. The van der Waals surface area contributed by atoms with Crippen LogP contribution < -0.4 is 10.5 Å². The number of para-hydroxylation sites is 2. The van der Waals surface area contributed by atoms with Crippen LogP contribution in [-0.2, 0) is 4.74 Å². The lowest BCUT2D eigenvalue weighted by molar-refractivity contribution is 0.0638. The highest BCUT2D eigenvalue weighted by Gasteiger charge is 2.11. The second-order valence-corrected chi connectivity index (χ2v) is 3.99. The topological polar surface area (TPSA) is 70.3 Å². The SMILES string of the molecule is CCOCC(C)Oc1nc2ccccc2nc1N. The summed E-state index contributed by atoms with van der Waals surface area (Å²) in [7, 11) is 0. The maximum absolute atomic E-state index is 5.82. The largest absolute Gasteiger partial charge is 0.470 e. The van der Waals surface area contributed by atoms with Crippen molar-refractivity contribution in [2.45, 2.75) is 20.0 Å².